The first kappa shape index (κ1) is 18.8. The number of rotatable bonds is 5. The maximum atomic E-state index is 13.5. The van der Waals surface area contributed by atoms with E-state index in [1.807, 2.05) is 0 Å². The van der Waals surface area contributed by atoms with Gasteiger partial charge in [0.1, 0.15) is 17.7 Å². The van der Waals surface area contributed by atoms with Crippen LogP contribution in [0.15, 0.2) is 41.0 Å². The van der Waals surface area contributed by atoms with E-state index in [9.17, 15) is 18.3 Å². The molecule has 2 aromatic heterocycles. The standard InChI is InChI=1S/C14H11BrFN5O6S/c15-9-5-7(1-2-10(9)16)21-12(19-26-14(21)22)11-13(20-27-18-11)25-6-8-3-4-17-28(8,23)24/h1-2,4-5,8,23-24H,3,6H2. The molecule has 0 amide bonds. The van der Waals surface area contributed by atoms with Gasteiger partial charge in [-0.3, -0.25) is 13.6 Å². The van der Waals surface area contributed by atoms with Crippen molar-refractivity contribution in [2.24, 2.45) is 4.40 Å². The minimum atomic E-state index is -3.14. The maximum absolute atomic E-state index is 13.5. The van der Waals surface area contributed by atoms with Crippen LogP contribution in [0.5, 0.6) is 5.88 Å². The molecule has 14 heteroatoms. The minimum Gasteiger partial charge on any atom is -0.472 e. The molecular weight excluding hydrogens is 465 g/mol. The van der Waals surface area contributed by atoms with E-state index in [1.165, 1.54) is 18.3 Å². The van der Waals surface area contributed by atoms with Crippen molar-refractivity contribution in [3.63, 3.8) is 0 Å². The van der Waals surface area contributed by atoms with Crippen LogP contribution >= 0.6 is 26.7 Å². The Kier molecular flexibility index (Phi) is 4.78. The third kappa shape index (κ3) is 3.34. The molecule has 11 nitrogen and oxygen atoms in total. The third-order valence-electron chi connectivity index (χ3n) is 3.89. The summed E-state index contributed by atoms with van der Waals surface area (Å²) in [6, 6.07) is 3.87. The molecule has 2 N–H and O–H groups in total. The average molecular weight is 476 g/mol. The Bertz CT molecular complexity index is 1110. The Balaban J connectivity index is 1.66. The van der Waals surface area contributed by atoms with Crippen molar-refractivity contribution >= 4 is 32.9 Å². The van der Waals surface area contributed by atoms with Gasteiger partial charge in [0.2, 0.25) is 11.5 Å². The lowest BCUT2D eigenvalue weighted by molar-refractivity contribution is 0.253. The van der Waals surface area contributed by atoms with Crippen LogP contribution in [-0.4, -0.2) is 47.2 Å². The van der Waals surface area contributed by atoms with E-state index < -0.39 is 27.6 Å². The Hall–Kier alpha value is -2.55. The maximum Gasteiger partial charge on any atom is 0.446 e. The molecule has 0 spiro atoms. The van der Waals surface area contributed by atoms with Crippen LogP contribution in [-0.2, 0) is 0 Å². The van der Waals surface area contributed by atoms with Gasteiger partial charge >= 0.3 is 5.76 Å². The lowest BCUT2D eigenvalue weighted by Crippen LogP contribution is -2.21. The van der Waals surface area contributed by atoms with E-state index in [0.717, 1.165) is 10.6 Å². The van der Waals surface area contributed by atoms with Crippen molar-refractivity contribution in [2.75, 3.05) is 6.61 Å². The van der Waals surface area contributed by atoms with E-state index in [4.69, 9.17) is 9.26 Å². The van der Waals surface area contributed by atoms with Crippen LogP contribution in [0.2, 0.25) is 0 Å². The van der Waals surface area contributed by atoms with Crippen LogP contribution < -0.4 is 10.5 Å². The first-order valence-corrected chi connectivity index (χ1v) is 10.0. The first-order chi connectivity index (χ1) is 13.4. The summed E-state index contributed by atoms with van der Waals surface area (Å²) in [6.07, 6.45) is 1.73. The Morgan fingerprint density at radius 3 is 2.89 bits per heavy atom. The van der Waals surface area contributed by atoms with Crippen LogP contribution in [0.25, 0.3) is 17.2 Å². The smallest absolute Gasteiger partial charge is 0.446 e. The number of hydrogen-bond acceptors (Lipinski definition) is 10. The summed E-state index contributed by atoms with van der Waals surface area (Å²) in [5.74, 6) is -1.58. The SMILES string of the molecule is O=c1onc(-c2nonc2OCC2CC=NS2(O)O)n1-c1ccc(F)c(Br)c1. The summed E-state index contributed by atoms with van der Waals surface area (Å²) in [5, 5.41) is 10.3. The molecule has 28 heavy (non-hydrogen) atoms. The number of nitrogens with zero attached hydrogens (tertiary/aromatic N) is 5. The predicted octanol–water partition coefficient (Wildman–Crippen LogP) is 2.66. The molecular formula is C14H11BrFN5O6S. The van der Waals surface area contributed by atoms with Crippen molar-refractivity contribution in [3.8, 4) is 23.1 Å². The molecule has 1 unspecified atom stereocenters. The lowest BCUT2D eigenvalue weighted by Gasteiger charge is -2.29. The lowest BCUT2D eigenvalue weighted by atomic mass is 10.3. The van der Waals surface area contributed by atoms with Crippen molar-refractivity contribution in [1.82, 2.24) is 20.0 Å². The molecule has 1 aliphatic rings. The number of benzene rings is 1. The predicted molar refractivity (Wildman–Crippen MR) is 98.3 cm³/mol. The van der Waals surface area contributed by atoms with Crippen molar-refractivity contribution in [3.05, 3.63) is 39.0 Å². The molecule has 4 rings (SSSR count). The highest BCUT2D eigenvalue weighted by Crippen LogP contribution is 2.50. The van der Waals surface area contributed by atoms with Gasteiger partial charge in [0.25, 0.3) is 5.88 Å². The van der Waals surface area contributed by atoms with E-state index >= 15 is 0 Å². The van der Waals surface area contributed by atoms with E-state index in [1.54, 1.807) is 0 Å². The van der Waals surface area contributed by atoms with Crippen LogP contribution in [0.4, 0.5) is 4.39 Å². The van der Waals surface area contributed by atoms with Crippen molar-refractivity contribution in [1.29, 1.82) is 0 Å². The largest absolute Gasteiger partial charge is 0.472 e. The molecule has 148 valence electrons. The summed E-state index contributed by atoms with van der Waals surface area (Å²) in [4.78, 5) is 12.1. The Morgan fingerprint density at radius 1 is 1.36 bits per heavy atom. The zero-order valence-corrected chi connectivity index (χ0v) is 16.1. The summed E-state index contributed by atoms with van der Waals surface area (Å²) in [7, 11) is -3.14. The van der Waals surface area contributed by atoms with Gasteiger partial charge in [-0.25, -0.2) is 18.4 Å². The second-order valence-electron chi connectivity index (χ2n) is 5.64. The first-order valence-electron chi connectivity index (χ1n) is 7.67. The van der Waals surface area contributed by atoms with Crippen molar-refractivity contribution < 1.29 is 27.4 Å². The fourth-order valence-corrected chi connectivity index (χ4v) is 3.92. The van der Waals surface area contributed by atoms with E-state index in [2.05, 4.69) is 40.4 Å². The monoisotopic (exact) mass is 475 g/mol. The number of ether oxygens (including phenoxy) is 1. The molecule has 3 heterocycles. The van der Waals surface area contributed by atoms with E-state index in [0.29, 0.717) is 6.42 Å². The van der Waals surface area contributed by atoms with Crippen LogP contribution in [0.3, 0.4) is 0 Å². The van der Waals surface area contributed by atoms with Crippen LogP contribution in [0, 0.1) is 5.82 Å². The zero-order chi connectivity index (χ0) is 19.9. The quantitative estimate of drug-likeness (QED) is 0.567. The van der Waals surface area contributed by atoms with Gasteiger partial charge in [-0.15, -0.1) is 0 Å². The number of halogens is 2. The van der Waals surface area contributed by atoms with E-state index in [-0.39, 0.29) is 34.2 Å². The Labute approximate surface area is 165 Å². The number of aromatic nitrogens is 4. The van der Waals surface area contributed by atoms with Gasteiger partial charge in [-0.2, -0.15) is 4.40 Å². The highest BCUT2D eigenvalue weighted by atomic mass is 79.9. The fraction of sp³-hybridized carbons (Fsp3) is 0.214. The molecule has 3 aromatic rings. The highest BCUT2D eigenvalue weighted by Gasteiger charge is 2.31. The molecule has 1 aliphatic heterocycles. The normalized spacial score (nSPS) is 19.1. The molecule has 0 radical (unpaired) electrons. The second kappa shape index (κ2) is 7.12. The Morgan fingerprint density at radius 2 is 2.18 bits per heavy atom. The van der Waals surface area contributed by atoms with Gasteiger partial charge < -0.3 is 4.74 Å². The molecule has 0 fully saturated rings. The van der Waals surface area contributed by atoms with Crippen molar-refractivity contribution in [2.45, 2.75) is 11.7 Å². The fourth-order valence-electron chi connectivity index (χ4n) is 2.48. The highest BCUT2D eigenvalue weighted by molar-refractivity contribution is 9.10. The molecule has 0 aliphatic carbocycles. The third-order valence-corrected chi connectivity index (χ3v) is 6.18. The van der Waals surface area contributed by atoms with Gasteiger partial charge in [-0.1, -0.05) is 15.9 Å². The van der Waals surface area contributed by atoms with Gasteiger partial charge in [0.15, 0.2) is 0 Å². The van der Waals surface area contributed by atoms with Gasteiger partial charge in [0, 0.05) is 12.6 Å². The summed E-state index contributed by atoms with van der Waals surface area (Å²) in [5.41, 5.74) is 0.198. The number of hydrogen-bond donors (Lipinski definition) is 2. The summed E-state index contributed by atoms with van der Waals surface area (Å²) in [6.45, 7) is -0.131. The summed E-state index contributed by atoms with van der Waals surface area (Å²) < 4.78 is 52.8. The average Bonchev–Trinajstić information content (AvgIpc) is 3.34. The van der Waals surface area contributed by atoms with Crippen LogP contribution in [0.1, 0.15) is 6.42 Å². The summed E-state index contributed by atoms with van der Waals surface area (Å²) >= 11 is 3.05. The minimum absolute atomic E-state index is 0.0540. The molecule has 1 atom stereocenters. The molecule has 1 aromatic carbocycles. The topological polar surface area (TPSA) is 149 Å². The second-order valence-corrected chi connectivity index (χ2v) is 8.50. The van der Waals surface area contributed by atoms with Gasteiger partial charge in [-0.05, 0) is 44.4 Å². The molecule has 0 saturated carbocycles. The van der Waals surface area contributed by atoms with Gasteiger partial charge in [0.05, 0.1) is 10.2 Å². The molecule has 0 bridgehead atoms. The molecule has 0 saturated heterocycles. The zero-order valence-electron chi connectivity index (χ0n) is 13.7.